The van der Waals surface area contributed by atoms with Gasteiger partial charge in [0.25, 0.3) is 0 Å². The molecule has 1 amide bonds. The number of nitrogens with one attached hydrogen (secondary N) is 3. The largest absolute Gasteiger partial charge is 0.355 e. The lowest BCUT2D eigenvalue weighted by atomic mass is 9.89. The average Bonchev–Trinajstić information content (AvgIpc) is 3.02. The Bertz CT molecular complexity index is 701. The number of hydrogen-bond acceptors (Lipinski definition) is 4. The molecule has 7 nitrogen and oxygen atoms in total. The minimum atomic E-state index is -0.322. The van der Waals surface area contributed by atoms with E-state index < -0.39 is 0 Å². The van der Waals surface area contributed by atoms with Crippen LogP contribution in [0.5, 0.6) is 0 Å². The summed E-state index contributed by atoms with van der Waals surface area (Å²) in [6.45, 7) is 2.79. The van der Waals surface area contributed by atoms with Gasteiger partial charge in [0.05, 0.1) is 6.54 Å². The number of benzene rings is 1. The first-order valence-electron chi connectivity index (χ1n) is 8.38. The number of carbonyl (C=O) groups is 1. The Morgan fingerprint density at radius 1 is 1.25 bits per heavy atom. The van der Waals surface area contributed by atoms with Crippen molar-refractivity contribution in [2.45, 2.75) is 25.2 Å². The highest BCUT2D eigenvalue weighted by Crippen LogP contribution is 2.27. The molecular weight excluding hydrogens is 306 g/mol. The van der Waals surface area contributed by atoms with Gasteiger partial charge in [-0.2, -0.15) is 5.10 Å². The molecule has 0 saturated carbocycles. The van der Waals surface area contributed by atoms with Crippen molar-refractivity contribution < 1.29 is 4.79 Å². The van der Waals surface area contributed by atoms with E-state index in [0.717, 1.165) is 25.9 Å². The molecular formula is C17H23N5O2. The van der Waals surface area contributed by atoms with E-state index in [2.05, 4.69) is 49.7 Å². The summed E-state index contributed by atoms with van der Waals surface area (Å²) in [6.07, 6.45) is 2.69. The molecule has 0 unspecified atom stereocenters. The molecule has 3 N–H and O–H groups in total. The molecule has 2 heterocycles. The quantitative estimate of drug-likeness (QED) is 0.725. The fraction of sp³-hybridized carbons (Fsp3) is 0.471. The van der Waals surface area contributed by atoms with Crippen LogP contribution in [0.3, 0.4) is 0 Å². The fourth-order valence-corrected chi connectivity index (χ4v) is 3.15. The number of piperidine rings is 1. The molecule has 0 spiro atoms. The highest BCUT2D eigenvalue weighted by molar-refractivity contribution is 5.78. The predicted molar refractivity (Wildman–Crippen MR) is 90.8 cm³/mol. The van der Waals surface area contributed by atoms with E-state index in [1.807, 2.05) is 6.07 Å². The number of nitrogens with zero attached hydrogens (tertiary/aromatic N) is 2. The van der Waals surface area contributed by atoms with Gasteiger partial charge < -0.3 is 5.32 Å². The topological polar surface area (TPSA) is 93.9 Å². The third-order valence-electron chi connectivity index (χ3n) is 4.46. The minimum Gasteiger partial charge on any atom is -0.355 e. The summed E-state index contributed by atoms with van der Waals surface area (Å²) < 4.78 is 0. The zero-order valence-electron chi connectivity index (χ0n) is 13.6. The second-order valence-electron chi connectivity index (χ2n) is 6.19. The molecule has 0 aliphatic carbocycles. The van der Waals surface area contributed by atoms with Crippen LogP contribution in [-0.2, 0) is 11.2 Å². The van der Waals surface area contributed by atoms with Gasteiger partial charge in [-0.3, -0.25) is 14.7 Å². The zero-order valence-corrected chi connectivity index (χ0v) is 13.6. The van der Waals surface area contributed by atoms with Gasteiger partial charge in [0, 0.05) is 13.0 Å². The maximum absolute atomic E-state index is 12.0. The first-order valence-corrected chi connectivity index (χ1v) is 8.38. The number of aromatic amines is 2. The van der Waals surface area contributed by atoms with E-state index in [1.165, 1.54) is 5.56 Å². The molecule has 3 rings (SSSR count). The van der Waals surface area contributed by atoms with E-state index in [4.69, 9.17) is 0 Å². The van der Waals surface area contributed by atoms with Crippen LogP contribution in [-0.4, -0.2) is 52.2 Å². The summed E-state index contributed by atoms with van der Waals surface area (Å²) in [5.74, 6) is 1.18. The van der Waals surface area contributed by atoms with Crippen molar-refractivity contribution in [1.29, 1.82) is 0 Å². The third kappa shape index (κ3) is 4.55. The first kappa shape index (κ1) is 16.4. The molecule has 1 fully saturated rings. The molecule has 1 aromatic carbocycles. The second-order valence-corrected chi connectivity index (χ2v) is 6.19. The Labute approximate surface area is 140 Å². The van der Waals surface area contributed by atoms with Gasteiger partial charge in [0.15, 0.2) is 0 Å². The highest BCUT2D eigenvalue weighted by atomic mass is 16.2. The Morgan fingerprint density at radius 2 is 2.00 bits per heavy atom. The van der Waals surface area contributed by atoms with Crippen molar-refractivity contribution >= 4 is 5.91 Å². The number of carbonyl (C=O) groups excluding carboxylic acids is 1. The minimum absolute atomic E-state index is 0.0195. The second kappa shape index (κ2) is 7.92. The number of H-pyrrole nitrogens is 2. The van der Waals surface area contributed by atoms with Crippen molar-refractivity contribution in [3.05, 3.63) is 52.2 Å². The summed E-state index contributed by atoms with van der Waals surface area (Å²) in [5.41, 5.74) is 1.08. The van der Waals surface area contributed by atoms with Crippen LogP contribution in [0.25, 0.3) is 0 Å². The summed E-state index contributed by atoms with van der Waals surface area (Å²) in [5, 5.41) is 8.99. The maximum atomic E-state index is 12.0. The number of rotatable bonds is 6. The Kier molecular flexibility index (Phi) is 5.43. The number of hydrogen-bond donors (Lipinski definition) is 3. The Balaban J connectivity index is 1.36. The zero-order chi connectivity index (χ0) is 16.8. The van der Waals surface area contributed by atoms with Crippen molar-refractivity contribution in [1.82, 2.24) is 25.4 Å². The number of amides is 1. The van der Waals surface area contributed by atoms with Gasteiger partial charge in [0.2, 0.25) is 5.91 Å². The van der Waals surface area contributed by atoms with E-state index >= 15 is 0 Å². The molecule has 1 aromatic heterocycles. The van der Waals surface area contributed by atoms with Crippen molar-refractivity contribution in [2.24, 2.45) is 0 Å². The molecule has 128 valence electrons. The fourth-order valence-electron chi connectivity index (χ4n) is 3.15. The Hall–Kier alpha value is -2.41. The van der Waals surface area contributed by atoms with Crippen LogP contribution in [0, 0.1) is 0 Å². The molecule has 2 aromatic rings. The van der Waals surface area contributed by atoms with Gasteiger partial charge in [-0.1, -0.05) is 30.3 Å². The van der Waals surface area contributed by atoms with Gasteiger partial charge in [-0.05, 0) is 37.4 Å². The summed E-state index contributed by atoms with van der Waals surface area (Å²) in [4.78, 5) is 27.7. The average molecular weight is 329 g/mol. The summed E-state index contributed by atoms with van der Waals surface area (Å²) in [7, 11) is 0. The predicted octanol–water partition coefficient (Wildman–Crippen LogP) is 0.636. The van der Waals surface area contributed by atoms with Gasteiger partial charge in [-0.15, -0.1) is 0 Å². The van der Waals surface area contributed by atoms with E-state index in [1.54, 1.807) is 0 Å². The normalized spacial score (nSPS) is 16.2. The monoisotopic (exact) mass is 329 g/mol. The van der Waals surface area contributed by atoms with E-state index in [-0.39, 0.29) is 11.6 Å². The highest BCUT2D eigenvalue weighted by Gasteiger charge is 2.21. The van der Waals surface area contributed by atoms with Crippen LogP contribution in [0.1, 0.15) is 30.1 Å². The van der Waals surface area contributed by atoms with Crippen molar-refractivity contribution in [3.8, 4) is 0 Å². The molecule has 1 aliphatic rings. The molecule has 24 heavy (non-hydrogen) atoms. The lowest BCUT2D eigenvalue weighted by Gasteiger charge is -2.31. The SMILES string of the molecule is O=C(CN1CCC(c2ccccc2)CC1)NCCc1n[nH]c(=O)[nH]1. The van der Waals surface area contributed by atoms with Crippen LogP contribution in [0.15, 0.2) is 35.1 Å². The smallest absolute Gasteiger partial charge is 0.340 e. The van der Waals surface area contributed by atoms with Crippen molar-refractivity contribution in [3.63, 3.8) is 0 Å². The third-order valence-corrected chi connectivity index (χ3v) is 4.46. The molecule has 0 atom stereocenters. The van der Waals surface area contributed by atoms with Gasteiger partial charge >= 0.3 is 5.69 Å². The van der Waals surface area contributed by atoms with E-state index in [0.29, 0.717) is 31.3 Å². The van der Waals surface area contributed by atoms with Crippen molar-refractivity contribution in [2.75, 3.05) is 26.2 Å². The standard InChI is InChI=1S/C17H23N5O2/c23-16(18-9-6-15-19-17(24)21-20-15)12-22-10-7-14(8-11-22)13-4-2-1-3-5-13/h1-5,14H,6-12H2,(H,18,23)(H2,19,20,21,24). The summed E-state index contributed by atoms with van der Waals surface area (Å²) >= 11 is 0. The number of aromatic nitrogens is 3. The molecule has 0 radical (unpaired) electrons. The summed E-state index contributed by atoms with van der Waals surface area (Å²) in [6, 6.07) is 10.6. The lowest BCUT2D eigenvalue weighted by Crippen LogP contribution is -2.41. The van der Waals surface area contributed by atoms with Gasteiger partial charge in [0.1, 0.15) is 5.82 Å². The lowest BCUT2D eigenvalue weighted by molar-refractivity contribution is -0.122. The van der Waals surface area contributed by atoms with Crippen LogP contribution in [0.4, 0.5) is 0 Å². The maximum Gasteiger partial charge on any atom is 0.340 e. The Morgan fingerprint density at radius 3 is 2.67 bits per heavy atom. The molecule has 0 bridgehead atoms. The van der Waals surface area contributed by atoms with Crippen LogP contribution < -0.4 is 11.0 Å². The van der Waals surface area contributed by atoms with Gasteiger partial charge in [-0.25, -0.2) is 9.89 Å². The van der Waals surface area contributed by atoms with Crippen LogP contribution in [0.2, 0.25) is 0 Å². The molecule has 7 heteroatoms. The first-order chi connectivity index (χ1) is 11.7. The molecule has 1 saturated heterocycles. The van der Waals surface area contributed by atoms with E-state index in [9.17, 15) is 9.59 Å². The van der Waals surface area contributed by atoms with Crippen LogP contribution >= 0.6 is 0 Å². The molecule has 1 aliphatic heterocycles. The number of likely N-dealkylation sites (tertiary alicyclic amines) is 1.